The van der Waals surface area contributed by atoms with Crippen LogP contribution in [0, 0.1) is 12.8 Å². The highest BCUT2D eigenvalue weighted by molar-refractivity contribution is 5.95. The number of amides is 1. The van der Waals surface area contributed by atoms with Gasteiger partial charge in [0.1, 0.15) is 0 Å². The molecule has 6 nitrogen and oxygen atoms in total. The highest BCUT2D eigenvalue weighted by atomic mass is 16.4. The van der Waals surface area contributed by atoms with Crippen LogP contribution >= 0.6 is 0 Å². The molecule has 1 fully saturated rings. The maximum Gasteiger partial charge on any atom is 0.308 e. The summed E-state index contributed by atoms with van der Waals surface area (Å²) < 4.78 is 1.81. The van der Waals surface area contributed by atoms with Gasteiger partial charge in [-0.25, -0.2) is 0 Å². The van der Waals surface area contributed by atoms with Gasteiger partial charge in [0.15, 0.2) is 0 Å². The van der Waals surface area contributed by atoms with Crippen molar-refractivity contribution in [3.05, 3.63) is 53.3 Å². The van der Waals surface area contributed by atoms with Crippen molar-refractivity contribution in [3.63, 3.8) is 0 Å². The van der Waals surface area contributed by atoms with Gasteiger partial charge in [0, 0.05) is 18.8 Å². The molecular formula is C18H21N3O3. The van der Waals surface area contributed by atoms with Gasteiger partial charge < -0.3 is 10.0 Å². The Kier molecular flexibility index (Phi) is 4.64. The predicted molar refractivity (Wildman–Crippen MR) is 88.8 cm³/mol. The molecule has 1 aromatic heterocycles. The minimum Gasteiger partial charge on any atom is -0.481 e. The Morgan fingerprint density at radius 2 is 2.04 bits per heavy atom. The summed E-state index contributed by atoms with van der Waals surface area (Å²) in [6.45, 7) is 3.36. The van der Waals surface area contributed by atoms with Gasteiger partial charge in [0.25, 0.3) is 5.91 Å². The zero-order valence-corrected chi connectivity index (χ0v) is 13.7. The largest absolute Gasteiger partial charge is 0.481 e. The fraction of sp³-hybridized carbons (Fsp3) is 0.389. The zero-order chi connectivity index (χ0) is 17.1. The van der Waals surface area contributed by atoms with E-state index < -0.39 is 11.9 Å². The number of aliphatic carboxylic acids is 1. The molecule has 0 radical (unpaired) electrons. The lowest BCUT2D eigenvalue weighted by Gasteiger charge is -2.30. The number of carbonyl (C=O) groups is 2. The van der Waals surface area contributed by atoms with Crippen molar-refractivity contribution in [1.29, 1.82) is 0 Å². The van der Waals surface area contributed by atoms with Gasteiger partial charge in [-0.2, -0.15) is 5.10 Å². The molecule has 0 aliphatic carbocycles. The van der Waals surface area contributed by atoms with Crippen LogP contribution in [0.3, 0.4) is 0 Å². The lowest BCUT2D eigenvalue weighted by Crippen LogP contribution is -2.42. The first-order chi connectivity index (χ1) is 11.6. The number of benzene rings is 1. The van der Waals surface area contributed by atoms with Crippen molar-refractivity contribution < 1.29 is 14.7 Å². The van der Waals surface area contributed by atoms with Gasteiger partial charge in [0.2, 0.25) is 0 Å². The maximum absolute atomic E-state index is 12.7. The number of carboxylic acid groups (broad SMARTS) is 1. The minimum atomic E-state index is -0.830. The van der Waals surface area contributed by atoms with Crippen LogP contribution in [0.2, 0.25) is 0 Å². The van der Waals surface area contributed by atoms with E-state index in [1.165, 1.54) is 0 Å². The zero-order valence-electron chi connectivity index (χ0n) is 13.7. The Labute approximate surface area is 140 Å². The van der Waals surface area contributed by atoms with Gasteiger partial charge in [0.05, 0.1) is 24.2 Å². The van der Waals surface area contributed by atoms with Crippen LogP contribution in [-0.2, 0) is 11.3 Å². The van der Waals surface area contributed by atoms with Crippen LogP contribution < -0.4 is 0 Å². The van der Waals surface area contributed by atoms with Crippen molar-refractivity contribution in [2.24, 2.45) is 5.92 Å². The Morgan fingerprint density at radius 3 is 2.75 bits per heavy atom. The summed E-state index contributed by atoms with van der Waals surface area (Å²) in [5.74, 6) is -1.43. The van der Waals surface area contributed by atoms with Gasteiger partial charge in [-0.1, -0.05) is 30.3 Å². The normalized spacial score (nSPS) is 17.7. The number of nitrogens with zero attached hydrogens (tertiary/aromatic N) is 3. The average Bonchev–Trinajstić information content (AvgIpc) is 2.96. The van der Waals surface area contributed by atoms with Crippen LogP contribution in [-0.4, -0.2) is 44.8 Å². The quantitative estimate of drug-likeness (QED) is 0.934. The minimum absolute atomic E-state index is 0.127. The molecule has 1 atom stereocenters. The fourth-order valence-corrected chi connectivity index (χ4v) is 3.11. The standard InChI is InChI=1S/C18H21N3O3/c1-13-16(10-19-21(13)11-14-6-3-2-4-7-14)17(22)20-9-5-8-15(12-20)18(23)24/h2-4,6-7,10,15H,5,8-9,11-12H2,1H3,(H,23,24)/t15-/m0/s1. The number of hydrogen-bond donors (Lipinski definition) is 1. The number of hydrogen-bond acceptors (Lipinski definition) is 3. The molecule has 0 bridgehead atoms. The first-order valence-electron chi connectivity index (χ1n) is 8.14. The van der Waals surface area contributed by atoms with Crippen LogP contribution in [0.1, 0.15) is 34.5 Å². The molecule has 1 aliphatic heterocycles. The van der Waals surface area contributed by atoms with Crippen molar-refractivity contribution in [1.82, 2.24) is 14.7 Å². The lowest BCUT2D eigenvalue weighted by atomic mass is 9.98. The molecule has 0 spiro atoms. The molecule has 126 valence electrons. The summed E-state index contributed by atoms with van der Waals surface area (Å²) in [5, 5.41) is 13.5. The molecule has 0 saturated carbocycles. The van der Waals surface area contributed by atoms with Crippen molar-refractivity contribution in [3.8, 4) is 0 Å². The number of carbonyl (C=O) groups excluding carboxylic acids is 1. The second-order valence-corrected chi connectivity index (χ2v) is 6.22. The number of rotatable bonds is 4. The molecule has 2 aromatic rings. The van der Waals surface area contributed by atoms with E-state index in [9.17, 15) is 14.7 Å². The van der Waals surface area contributed by atoms with Crippen LogP contribution in [0.5, 0.6) is 0 Å². The van der Waals surface area contributed by atoms with Gasteiger partial charge in [-0.05, 0) is 25.3 Å². The van der Waals surface area contributed by atoms with E-state index in [1.807, 2.05) is 37.3 Å². The molecule has 2 heterocycles. The first-order valence-corrected chi connectivity index (χ1v) is 8.14. The maximum atomic E-state index is 12.7. The highest BCUT2D eigenvalue weighted by Gasteiger charge is 2.30. The van der Waals surface area contributed by atoms with E-state index in [0.29, 0.717) is 25.1 Å². The second-order valence-electron chi connectivity index (χ2n) is 6.22. The van der Waals surface area contributed by atoms with E-state index in [1.54, 1.807) is 15.8 Å². The Balaban J connectivity index is 1.75. The van der Waals surface area contributed by atoms with Crippen molar-refractivity contribution in [2.45, 2.75) is 26.3 Å². The van der Waals surface area contributed by atoms with E-state index in [0.717, 1.165) is 17.7 Å². The van der Waals surface area contributed by atoms with Crippen LogP contribution in [0.25, 0.3) is 0 Å². The SMILES string of the molecule is Cc1c(C(=O)N2CCC[C@H](C(=O)O)C2)cnn1Cc1ccccc1. The van der Waals surface area contributed by atoms with Gasteiger partial charge >= 0.3 is 5.97 Å². The van der Waals surface area contributed by atoms with Crippen LogP contribution in [0.15, 0.2) is 36.5 Å². The van der Waals surface area contributed by atoms with Gasteiger partial charge in [-0.3, -0.25) is 14.3 Å². The van der Waals surface area contributed by atoms with Crippen molar-refractivity contribution in [2.75, 3.05) is 13.1 Å². The molecular weight excluding hydrogens is 306 g/mol. The summed E-state index contributed by atoms with van der Waals surface area (Å²) in [6, 6.07) is 9.94. The second kappa shape index (κ2) is 6.86. The van der Waals surface area contributed by atoms with E-state index in [4.69, 9.17) is 0 Å². The molecule has 3 rings (SSSR count). The molecule has 24 heavy (non-hydrogen) atoms. The lowest BCUT2D eigenvalue weighted by molar-refractivity contribution is -0.143. The Morgan fingerprint density at radius 1 is 1.29 bits per heavy atom. The fourth-order valence-electron chi connectivity index (χ4n) is 3.11. The third-order valence-electron chi connectivity index (χ3n) is 4.57. The smallest absolute Gasteiger partial charge is 0.308 e. The number of aromatic nitrogens is 2. The molecule has 6 heteroatoms. The van der Waals surface area contributed by atoms with Crippen molar-refractivity contribution >= 4 is 11.9 Å². The first kappa shape index (κ1) is 16.2. The van der Waals surface area contributed by atoms with E-state index >= 15 is 0 Å². The topological polar surface area (TPSA) is 75.4 Å². The molecule has 1 amide bonds. The predicted octanol–water partition coefficient (Wildman–Crippen LogP) is 2.18. The van der Waals surface area contributed by atoms with Crippen LogP contribution in [0.4, 0.5) is 0 Å². The third-order valence-corrected chi connectivity index (χ3v) is 4.57. The molecule has 1 saturated heterocycles. The highest BCUT2D eigenvalue weighted by Crippen LogP contribution is 2.20. The van der Waals surface area contributed by atoms with E-state index in [2.05, 4.69) is 5.10 Å². The summed E-state index contributed by atoms with van der Waals surface area (Å²) in [4.78, 5) is 25.6. The summed E-state index contributed by atoms with van der Waals surface area (Å²) in [7, 11) is 0. The third kappa shape index (κ3) is 3.32. The molecule has 0 unspecified atom stereocenters. The number of piperidine rings is 1. The monoisotopic (exact) mass is 327 g/mol. The average molecular weight is 327 g/mol. The summed E-state index contributed by atoms with van der Waals surface area (Å²) in [5.41, 5.74) is 2.48. The molecule has 1 aromatic carbocycles. The Bertz CT molecular complexity index is 739. The Hall–Kier alpha value is -2.63. The molecule has 1 N–H and O–H groups in total. The summed E-state index contributed by atoms with van der Waals surface area (Å²) >= 11 is 0. The summed E-state index contributed by atoms with van der Waals surface area (Å²) in [6.07, 6.45) is 2.94. The number of likely N-dealkylation sites (tertiary alicyclic amines) is 1. The molecule has 1 aliphatic rings. The van der Waals surface area contributed by atoms with E-state index in [-0.39, 0.29) is 12.5 Å². The number of carboxylic acids is 1. The van der Waals surface area contributed by atoms with Gasteiger partial charge in [-0.15, -0.1) is 0 Å².